The van der Waals surface area contributed by atoms with E-state index in [1.807, 2.05) is 67.1 Å². The first-order valence-electron chi connectivity index (χ1n) is 8.86. The van der Waals surface area contributed by atoms with Gasteiger partial charge >= 0.3 is 0 Å². The molecule has 0 aliphatic carbocycles. The van der Waals surface area contributed by atoms with Gasteiger partial charge in [-0.2, -0.15) is 11.8 Å². The highest BCUT2D eigenvalue weighted by molar-refractivity contribution is 7.98. The number of benzene rings is 1. The summed E-state index contributed by atoms with van der Waals surface area (Å²) in [5, 5.41) is 11.5. The van der Waals surface area contributed by atoms with E-state index >= 15 is 0 Å². The Labute approximate surface area is 163 Å². The molecule has 142 valence electrons. The summed E-state index contributed by atoms with van der Waals surface area (Å²) in [6.07, 6.45) is 4.73. The van der Waals surface area contributed by atoms with Crippen LogP contribution in [-0.2, 0) is 4.79 Å². The number of rotatable bonds is 8. The molecular formula is C20H24N4O2S. The van der Waals surface area contributed by atoms with E-state index in [1.54, 1.807) is 11.8 Å². The highest BCUT2D eigenvalue weighted by Crippen LogP contribution is 2.20. The largest absolute Gasteiger partial charge is 0.483 e. The van der Waals surface area contributed by atoms with Crippen molar-refractivity contribution in [1.82, 2.24) is 19.9 Å². The number of nitrogens with one attached hydrogen (secondary N) is 1. The second kappa shape index (κ2) is 8.90. The number of hydrogen-bond acceptors (Lipinski definition) is 5. The van der Waals surface area contributed by atoms with Crippen molar-refractivity contribution in [3.05, 3.63) is 59.5 Å². The summed E-state index contributed by atoms with van der Waals surface area (Å²) < 4.78 is 7.64. The fraction of sp³-hybridized carbons (Fsp3) is 0.350. The van der Waals surface area contributed by atoms with Crippen LogP contribution in [0.5, 0.6) is 5.75 Å². The van der Waals surface area contributed by atoms with Gasteiger partial charge in [0.25, 0.3) is 5.91 Å². The van der Waals surface area contributed by atoms with E-state index in [4.69, 9.17) is 4.74 Å². The van der Waals surface area contributed by atoms with Gasteiger partial charge in [-0.25, -0.2) is 0 Å². The molecule has 2 aromatic heterocycles. The van der Waals surface area contributed by atoms with Crippen LogP contribution in [0.25, 0.3) is 5.65 Å². The second-order valence-electron chi connectivity index (χ2n) is 6.45. The monoisotopic (exact) mass is 384 g/mol. The molecule has 0 radical (unpaired) electrons. The maximum Gasteiger partial charge on any atom is 0.258 e. The van der Waals surface area contributed by atoms with Gasteiger partial charge in [0.2, 0.25) is 0 Å². The van der Waals surface area contributed by atoms with E-state index in [0.717, 1.165) is 40.5 Å². The Balaban J connectivity index is 1.70. The van der Waals surface area contributed by atoms with Crippen LogP contribution in [0.3, 0.4) is 0 Å². The molecule has 1 N–H and O–H groups in total. The van der Waals surface area contributed by atoms with E-state index in [1.165, 1.54) is 0 Å². The third-order valence-electron chi connectivity index (χ3n) is 4.30. The standard InChI is InChI=1S/C20H24N4O2S/c1-14-7-8-15(2)17(12-14)26-13-19(25)21-16(9-11-27-3)20-23-22-18-6-4-5-10-24(18)20/h4-8,10,12,16H,9,11,13H2,1-3H3,(H,21,25). The number of ether oxygens (including phenoxy) is 1. The number of aromatic nitrogens is 3. The number of nitrogens with zero attached hydrogens (tertiary/aromatic N) is 3. The summed E-state index contributed by atoms with van der Waals surface area (Å²) in [7, 11) is 0. The van der Waals surface area contributed by atoms with Crippen molar-refractivity contribution in [2.45, 2.75) is 26.3 Å². The van der Waals surface area contributed by atoms with Gasteiger partial charge in [-0.1, -0.05) is 18.2 Å². The predicted octanol–water partition coefficient (Wildman–Crippen LogP) is 3.34. The minimum absolute atomic E-state index is 0.0310. The van der Waals surface area contributed by atoms with E-state index in [9.17, 15) is 4.79 Å². The zero-order valence-corrected chi connectivity index (χ0v) is 16.6. The van der Waals surface area contributed by atoms with Crippen molar-refractivity contribution in [2.75, 3.05) is 18.6 Å². The van der Waals surface area contributed by atoms with Crippen molar-refractivity contribution >= 4 is 23.3 Å². The first-order valence-corrected chi connectivity index (χ1v) is 10.3. The molecule has 2 heterocycles. The summed E-state index contributed by atoms with van der Waals surface area (Å²) in [6, 6.07) is 11.5. The fourth-order valence-electron chi connectivity index (χ4n) is 2.84. The van der Waals surface area contributed by atoms with Crippen molar-refractivity contribution < 1.29 is 9.53 Å². The number of carbonyl (C=O) groups is 1. The zero-order chi connectivity index (χ0) is 19.2. The average Bonchev–Trinajstić information content (AvgIpc) is 3.10. The number of fused-ring (bicyclic) bond motifs is 1. The topological polar surface area (TPSA) is 68.5 Å². The highest BCUT2D eigenvalue weighted by Gasteiger charge is 2.20. The summed E-state index contributed by atoms with van der Waals surface area (Å²) in [5.41, 5.74) is 2.88. The number of pyridine rings is 1. The number of thioether (sulfide) groups is 1. The molecule has 1 atom stereocenters. The van der Waals surface area contributed by atoms with Crippen LogP contribution in [0, 0.1) is 13.8 Å². The van der Waals surface area contributed by atoms with Crippen LogP contribution in [0.1, 0.15) is 29.4 Å². The summed E-state index contributed by atoms with van der Waals surface area (Å²) in [6.45, 7) is 3.94. The molecule has 0 bridgehead atoms. The van der Waals surface area contributed by atoms with Gasteiger partial charge in [-0.05, 0) is 61.6 Å². The van der Waals surface area contributed by atoms with Crippen molar-refractivity contribution in [1.29, 1.82) is 0 Å². The molecule has 0 fully saturated rings. The van der Waals surface area contributed by atoms with Crippen LogP contribution in [-0.4, -0.2) is 39.1 Å². The predicted molar refractivity (Wildman–Crippen MR) is 108 cm³/mol. The van der Waals surface area contributed by atoms with Crippen molar-refractivity contribution in [3.8, 4) is 5.75 Å². The van der Waals surface area contributed by atoms with Gasteiger partial charge in [0, 0.05) is 6.20 Å². The molecule has 1 aromatic carbocycles. The van der Waals surface area contributed by atoms with Gasteiger partial charge in [-0.3, -0.25) is 9.20 Å². The molecule has 0 aliphatic rings. The van der Waals surface area contributed by atoms with Gasteiger partial charge in [0.1, 0.15) is 5.75 Å². The molecule has 0 saturated heterocycles. The molecule has 3 aromatic rings. The van der Waals surface area contributed by atoms with Gasteiger partial charge in [0.05, 0.1) is 6.04 Å². The maximum absolute atomic E-state index is 12.5. The van der Waals surface area contributed by atoms with E-state index < -0.39 is 0 Å². The highest BCUT2D eigenvalue weighted by atomic mass is 32.2. The molecule has 0 aliphatic heterocycles. The molecule has 7 heteroatoms. The summed E-state index contributed by atoms with van der Waals surface area (Å²) >= 11 is 1.73. The van der Waals surface area contributed by atoms with Crippen LogP contribution < -0.4 is 10.1 Å². The van der Waals surface area contributed by atoms with Crippen LogP contribution in [0.4, 0.5) is 0 Å². The number of carbonyl (C=O) groups excluding carboxylic acids is 1. The van der Waals surface area contributed by atoms with E-state index in [2.05, 4.69) is 15.5 Å². The Kier molecular flexibility index (Phi) is 6.34. The Morgan fingerprint density at radius 3 is 2.93 bits per heavy atom. The Hall–Kier alpha value is -2.54. The molecule has 1 amide bonds. The van der Waals surface area contributed by atoms with E-state index in [0.29, 0.717) is 0 Å². The molecule has 0 spiro atoms. The minimum atomic E-state index is -0.218. The SMILES string of the molecule is CSCCC(NC(=O)COc1cc(C)ccc1C)c1nnc2ccccn12. The third kappa shape index (κ3) is 4.80. The lowest BCUT2D eigenvalue weighted by Gasteiger charge is -2.17. The minimum Gasteiger partial charge on any atom is -0.483 e. The molecule has 3 rings (SSSR count). The van der Waals surface area contributed by atoms with Crippen molar-refractivity contribution in [2.24, 2.45) is 0 Å². The second-order valence-corrected chi connectivity index (χ2v) is 7.43. The molecule has 27 heavy (non-hydrogen) atoms. The summed E-state index contributed by atoms with van der Waals surface area (Å²) in [4.78, 5) is 12.5. The Morgan fingerprint density at radius 2 is 2.11 bits per heavy atom. The molecule has 1 unspecified atom stereocenters. The van der Waals surface area contributed by atoms with Gasteiger partial charge < -0.3 is 10.1 Å². The van der Waals surface area contributed by atoms with Gasteiger partial charge in [0.15, 0.2) is 18.1 Å². The van der Waals surface area contributed by atoms with Crippen LogP contribution in [0.15, 0.2) is 42.6 Å². The number of hydrogen-bond donors (Lipinski definition) is 1. The normalized spacial score (nSPS) is 12.1. The summed E-state index contributed by atoms with van der Waals surface area (Å²) in [5.74, 6) is 2.21. The first kappa shape index (κ1) is 19.2. The smallest absolute Gasteiger partial charge is 0.258 e. The van der Waals surface area contributed by atoms with Crippen LogP contribution in [0.2, 0.25) is 0 Å². The Morgan fingerprint density at radius 1 is 1.26 bits per heavy atom. The van der Waals surface area contributed by atoms with E-state index in [-0.39, 0.29) is 18.6 Å². The molecular weight excluding hydrogens is 360 g/mol. The number of amides is 1. The molecule has 6 nitrogen and oxygen atoms in total. The Bertz CT molecular complexity index is 925. The number of aryl methyl sites for hydroxylation is 2. The quantitative estimate of drug-likeness (QED) is 0.645. The lowest BCUT2D eigenvalue weighted by molar-refractivity contribution is -0.123. The zero-order valence-electron chi connectivity index (χ0n) is 15.8. The lowest BCUT2D eigenvalue weighted by atomic mass is 10.1. The lowest BCUT2D eigenvalue weighted by Crippen LogP contribution is -2.34. The fourth-order valence-corrected chi connectivity index (χ4v) is 3.31. The average molecular weight is 385 g/mol. The maximum atomic E-state index is 12.5. The first-order chi connectivity index (χ1) is 13.1. The van der Waals surface area contributed by atoms with Crippen molar-refractivity contribution in [3.63, 3.8) is 0 Å². The third-order valence-corrected chi connectivity index (χ3v) is 4.94. The molecule has 0 saturated carbocycles. The van der Waals surface area contributed by atoms with Gasteiger partial charge in [-0.15, -0.1) is 10.2 Å². The van der Waals surface area contributed by atoms with Crippen LogP contribution >= 0.6 is 11.8 Å².